The molecule has 0 unspecified atom stereocenters. The van der Waals surface area contributed by atoms with Gasteiger partial charge in [0.05, 0.1) is 18.2 Å². The Morgan fingerprint density at radius 3 is 2.33 bits per heavy atom. The first-order valence-corrected chi connectivity index (χ1v) is 6.61. The molecule has 1 heterocycles. The number of esters is 1. The van der Waals surface area contributed by atoms with Crippen LogP contribution >= 0.6 is 0 Å². The normalized spacial score (nSPS) is 13.2. The third-order valence-corrected chi connectivity index (χ3v) is 3.56. The van der Waals surface area contributed by atoms with Crippen molar-refractivity contribution in [2.45, 2.75) is 0 Å². The molecular weight excluding hydrogens is 327 g/mol. The van der Waals surface area contributed by atoms with Crippen molar-refractivity contribution in [3.05, 3.63) is 69.7 Å². The number of rotatable bonds is 2. The number of hydrogen-bond donors (Lipinski definition) is 0. The van der Waals surface area contributed by atoms with Gasteiger partial charge in [-0.2, -0.15) is 4.74 Å². The minimum atomic E-state index is -1.70. The van der Waals surface area contributed by atoms with Crippen LogP contribution in [0.5, 0.6) is 0 Å². The fraction of sp³-hybridized carbons (Fsp3) is 0.0625. The summed E-state index contributed by atoms with van der Waals surface area (Å²) in [6.07, 6.45) is 0. The molecule has 24 heavy (non-hydrogen) atoms. The lowest BCUT2D eigenvalue weighted by molar-refractivity contribution is -0.355. The topological polar surface area (TPSA) is 69.4 Å². The standard InChI is InChI=1S/C16H8F3NO4/c1-24-16(22)7-2-3-9-12(6-7)20(23)14(15(9)21)8-4-10(17)13(19)11(18)5-8/h2-6H,1H3. The molecule has 1 aliphatic rings. The average molecular weight is 335 g/mol. The second-order valence-electron chi connectivity index (χ2n) is 4.95. The van der Waals surface area contributed by atoms with Crippen molar-refractivity contribution in [1.82, 2.24) is 0 Å². The Hall–Kier alpha value is -3.16. The van der Waals surface area contributed by atoms with E-state index in [0.717, 1.165) is 13.2 Å². The minimum Gasteiger partial charge on any atom is -0.618 e. The maximum atomic E-state index is 13.4. The molecule has 0 amide bonds. The highest BCUT2D eigenvalue weighted by Gasteiger charge is 2.38. The van der Waals surface area contributed by atoms with E-state index in [4.69, 9.17) is 0 Å². The predicted octanol–water partition coefficient (Wildman–Crippen LogP) is 2.72. The minimum absolute atomic E-state index is 0.0302. The monoisotopic (exact) mass is 335 g/mol. The summed E-state index contributed by atoms with van der Waals surface area (Å²) in [5.41, 5.74) is -1.14. The van der Waals surface area contributed by atoms with Gasteiger partial charge in [-0.3, -0.25) is 4.79 Å². The number of fused-ring (bicyclic) bond motifs is 1. The van der Waals surface area contributed by atoms with Crippen LogP contribution in [0.15, 0.2) is 30.3 Å². The maximum Gasteiger partial charge on any atom is 0.338 e. The van der Waals surface area contributed by atoms with E-state index in [1.807, 2.05) is 0 Å². The van der Waals surface area contributed by atoms with Crippen LogP contribution in [0, 0.1) is 22.7 Å². The summed E-state index contributed by atoms with van der Waals surface area (Å²) in [4.78, 5) is 23.8. The van der Waals surface area contributed by atoms with Gasteiger partial charge in [-0.1, -0.05) is 0 Å². The second kappa shape index (κ2) is 5.48. The fourth-order valence-electron chi connectivity index (χ4n) is 2.42. The van der Waals surface area contributed by atoms with Gasteiger partial charge in [0, 0.05) is 6.07 Å². The number of nitrogens with zero attached hydrogens (tertiary/aromatic N) is 1. The van der Waals surface area contributed by atoms with E-state index in [9.17, 15) is 28.0 Å². The molecule has 1 aliphatic heterocycles. The molecule has 0 saturated heterocycles. The number of ketones is 1. The smallest absolute Gasteiger partial charge is 0.338 e. The highest BCUT2D eigenvalue weighted by atomic mass is 19.2. The van der Waals surface area contributed by atoms with Crippen molar-refractivity contribution >= 4 is 23.2 Å². The van der Waals surface area contributed by atoms with E-state index in [1.165, 1.54) is 12.1 Å². The number of halogens is 3. The van der Waals surface area contributed by atoms with Crippen LogP contribution in [-0.2, 0) is 4.74 Å². The van der Waals surface area contributed by atoms with Gasteiger partial charge < -0.3 is 9.94 Å². The first-order chi connectivity index (χ1) is 11.3. The molecule has 122 valence electrons. The summed E-state index contributed by atoms with van der Waals surface area (Å²) < 4.78 is 44.5. The Labute approximate surface area is 133 Å². The molecule has 0 spiro atoms. The molecule has 0 radical (unpaired) electrons. The van der Waals surface area contributed by atoms with Gasteiger partial charge in [0.1, 0.15) is 5.56 Å². The zero-order valence-corrected chi connectivity index (χ0v) is 12.1. The van der Waals surface area contributed by atoms with Gasteiger partial charge in [0.2, 0.25) is 5.69 Å². The molecule has 3 rings (SSSR count). The van der Waals surface area contributed by atoms with Crippen molar-refractivity contribution < 1.29 is 32.2 Å². The van der Waals surface area contributed by atoms with Gasteiger partial charge >= 0.3 is 5.97 Å². The van der Waals surface area contributed by atoms with E-state index in [1.54, 1.807) is 0 Å². The van der Waals surface area contributed by atoms with Gasteiger partial charge in [0.25, 0.3) is 11.5 Å². The van der Waals surface area contributed by atoms with E-state index in [-0.39, 0.29) is 21.6 Å². The molecule has 0 saturated carbocycles. The van der Waals surface area contributed by atoms with Crippen LogP contribution in [0.3, 0.4) is 0 Å². The highest BCUT2D eigenvalue weighted by Crippen LogP contribution is 2.30. The van der Waals surface area contributed by atoms with E-state index in [0.29, 0.717) is 12.1 Å². The lowest BCUT2D eigenvalue weighted by Crippen LogP contribution is -2.17. The molecule has 0 atom stereocenters. The van der Waals surface area contributed by atoms with Gasteiger partial charge in [-0.15, -0.1) is 0 Å². The number of ether oxygens (including phenoxy) is 1. The third kappa shape index (κ3) is 2.23. The molecule has 0 fully saturated rings. The predicted molar refractivity (Wildman–Crippen MR) is 75.8 cm³/mol. The first-order valence-electron chi connectivity index (χ1n) is 6.61. The molecule has 2 aromatic rings. The molecule has 0 bridgehead atoms. The first kappa shape index (κ1) is 15.7. The van der Waals surface area contributed by atoms with Gasteiger partial charge in [-0.25, -0.2) is 18.0 Å². The van der Waals surface area contributed by atoms with Crippen LogP contribution in [0.1, 0.15) is 26.3 Å². The van der Waals surface area contributed by atoms with Crippen LogP contribution in [0.4, 0.5) is 18.9 Å². The summed E-state index contributed by atoms with van der Waals surface area (Å²) in [6.45, 7) is 0. The van der Waals surface area contributed by atoms with Crippen LogP contribution in [0.2, 0.25) is 0 Å². The summed E-state index contributed by atoms with van der Waals surface area (Å²) in [5, 5.41) is 12.3. The Kier molecular flexibility index (Phi) is 3.59. The second-order valence-corrected chi connectivity index (χ2v) is 4.95. The maximum absolute atomic E-state index is 13.4. The molecule has 2 aromatic carbocycles. The number of carbonyl (C=O) groups is 2. The van der Waals surface area contributed by atoms with Crippen molar-refractivity contribution in [1.29, 1.82) is 0 Å². The summed E-state index contributed by atoms with van der Waals surface area (Å²) in [6, 6.07) is 4.77. The Morgan fingerprint density at radius 1 is 1.12 bits per heavy atom. The van der Waals surface area contributed by atoms with Crippen molar-refractivity contribution in [2.24, 2.45) is 0 Å². The molecule has 0 N–H and O–H groups in total. The number of hydrogen-bond acceptors (Lipinski definition) is 4. The largest absolute Gasteiger partial charge is 0.618 e. The zero-order valence-electron chi connectivity index (χ0n) is 12.1. The lowest BCUT2D eigenvalue weighted by atomic mass is 10.0. The van der Waals surface area contributed by atoms with Crippen molar-refractivity contribution in [3.63, 3.8) is 0 Å². The van der Waals surface area contributed by atoms with E-state index < -0.39 is 40.5 Å². The van der Waals surface area contributed by atoms with E-state index in [2.05, 4.69) is 4.74 Å². The van der Waals surface area contributed by atoms with Crippen molar-refractivity contribution in [3.8, 4) is 0 Å². The SMILES string of the molecule is COC(=O)c1ccc2c(c1)[N+]([O-])=C(c1cc(F)c(F)c(F)c1)C2=O. The van der Waals surface area contributed by atoms with Gasteiger partial charge in [0.15, 0.2) is 17.5 Å². The molecule has 0 aromatic heterocycles. The Bertz CT molecular complexity index is 914. The fourth-order valence-corrected chi connectivity index (χ4v) is 2.42. The molecule has 5 nitrogen and oxygen atoms in total. The third-order valence-electron chi connectivity index (χ3n) is 3.56. The molecular formula is C16H8F3NO4. The van der Waals surface area contributed by atoms with E-state index >= 15 is 0 Å². The average Bonchev–Trinajstić information content (AvgIpc) is 2.82. The highest BCUT2D eigenvalue weighted by molar-refractivity contribution is 6.52. The quantitative estimate of drug-likeness (QED) is 0.366. The lowest BCUT2D eigenvalue weighted by Gasteiger charge is -2.04. The van der Waals surface area contributed by atoms with Crippen LogP contribution < -0.4 is 0 Å². The number of Topliss-reactive ketones (excluding diaryl/α,β-unsaturated/α-hetero) is 1. The number of methoxy groups -OCH3 is 1. The summed E-state index contributed by atoms with van der Waals surface area (Å²) >= 11 is 0. The number of carbonyl (C=O) groups excluding carboxylic acids is 2. The molecule has 8 heteroatoms. The Balaban J connectivity index is 2.17. The summed E-state index contributed by atoms with van der Waals surface area (Å²) in [5.74, 6) is -6.25. The number of benzene rings is 2. The summed E-state index contributed by atoms with van der Waals surface area (Å²) in [7, 11) is 1.15. The van der Waals surface area contributed by atoms with Gasteiger partial charge in [-0.05, 0) is 24.3 Å². The van der Waals surface area contributed by atoms with Crippen molar-refractivity contribution in [2.75, 3.05) is 7.11 Å². The zero-order chi connectivity index (χ0) is 17.6. The van der Waals surface area contributed by atoms with Crippen LogP contribution in [0.25, 0.3) is 0 Å². The molecule has 0 aliphatic carbocycles. The van der Waals surface area contributed by atoms with Crippen LogP contribution in [-0.4, -0.2) is 29.3 Å². The Morgan fingerprint density at radius 2 is 1.75 bits per heavy atom.